The third-order valence-corrected chi connectivity index (χ3v) is 3.06. The molecule has 0 aromatic heterocycles. The number of ether oxygens (including phenoxy) is 2. The van der Waals surface area contributed by atoms with Crippen LogP contribution in [-0.2, 0) is 19.1 Å². The lowest BCUT2D eigenvalue weighted by molar-refractivity contribution is -0.204. The van der Waals surface area contributed by atoms with Crippen LogP contribution in [0.4, 0.5) is 0 Å². The minimum Gasteiger partial charge on any atom is -0.420 e. The Kier molecular flexibility index (Phi) is 3.21. The highest BCUT2D eigenvalue weighted by atomic mass is 16.7. The summed E-state index contributed by atoms with van der Waals surface area (Å²) in [5, 5.41) is 0. The van der Waals surface area contributed by atoms with Gasteiger partial charge in [-0.25, -0.2) is 0 Å². The molecule has 4 heteroatoms. The van der Waals surface area contributed by atoms with Gasteiger partial charge >= 0.3 is 11.9 Å². The molecule has 4 nitrogen and oxygen atoms in total. The van der Waals surface area contributed by atoms with E-state index in [4.69, 9.17) is 9.47 Å². The lowest BCUT2D eigenvalue weighted by Crippen LogP contribution is -2.26. The Labute approximate surface area is 115 Å². The minimum absolute atomic E-state index is 0.321. The smallest absolute Gasteiger partial charge is 0.320 e. The Bertz CT molecular complexity index is 615. The molecular weight excluding hydrogens is 256 g/mol. The summed E-state index contributed by atoms with van der Waals surface area (Å²) in [6.07, 6.45) is -1.26. The molecule has 0 bridgehead atoms. The van der Waals surface area contributed by atoms with Crippen LogP contribution < -0.4 is 0 Å². The normalized spacial score (nSPS) is 15.6. The van der Waals surface area contributed by atoms with E-state index < -0.39 is 18.2 Å². The van der Waals surface area contributed by atoms with E-state index in [9.17, 15) is 9.59 Å². The zero-order valence-corrected chi connectivity index (χ0v) is 10.6. The Morgan fingerprint density at radius 2 is 1.30 bits per heavy atom. The maximum absolute atomic E-state index is 11.2. The number of benzene rings is 2. The van der Waals surface area contributed by atoms with Crippen molar-refractivity contribution in [1.82, 2.24) is 0 Å². The van der Waals surface area contributed by atoms with Gasteiger partial charge in [0.2, 0.25) is 0 Å². The molecule has 1 saturated heterocycles. The van der Waals surface area contributed by atoms with Crippen LogP contribution in [0.1, 0.15) is 18.3 Å². The topological polar surface area (TPSA) is 52.6 Å². The van der Waals surface area contributed by atoms with Crippen molar-refractivity contribution in [2.24, 2.45) is 0 Å². The first-order valence-electron chi connectivity index (χ1n) is 6.27. The third kappa shape index (κ3) is 2.54. The summed E-state index contributed by atoms with van der Waals surface area (Å²) in [7, 11) is 0. The van der Waals surface area contributed by atoms with E-state index in [1.165, 1.54) is 0 Å². The van der Waals surface area contributed by atoms with Crippen LogP contribution in [0, 0.1) is 0 Å². The van der Waals surface area contributed by atoms with Gasteiger partial charge in [0.15, 0.2) is 0 Å². The number of rotatable bonds is 2. The van der Waals surface area contributed by atoms with E-state index in [0.717, 1.165) is 11.1 Å². The van der Waals surface area contributed by atoms with Crippen molar-refractivity contribution in [2.45, 2.75) is 12.7 Å². The zero-order chi connectivity index (χ0) is 13.9. The summed E-state index contributed by atoms with van der Waals surface area (Å²) in [4.78, 5) is 22.4. The quantitative estimate of drug-likeness (QED) is 0.620. The number of cyclic esters (lactones) is 2. The fraction of sp³-hybridized carbons (Fsp3) is 0.125. The molecule has 100 valence electrons. The van der Waals surface area contributed by atoms with Crippen LogP contribution in [0.25, 0.3) is 11.1 Å². The van der Waals surface area contributed by atoms with Gasteiger partial charge in [0, 0.05) is 5.56 Å². The number of hydrogen-bond acceptors (Lipinski definition) is 4. The third-order valence-electron chi connectivity index (χ3n) is 3.06. The van der Waals surface area contributed by atoms with Gasteiger partial charge < -0.3 is 9.47 Å². The highest BCUT2D eigenvalue weighted by Gasteiger charge is 2.28. The summed E-state index contributed by atoms with van der Waals surface area (Å²) < 4.78 is 10.0. The molecule has 0 saturated carbocycles. The molecule has 0 N–H and O–H groups in total. The number of carbonyl (C=O) groups is 2. The van der Waals surface area contributed by atoms with E-state index in [1.807, 2.05) is 42.5 Å². The first-order chi connectivity index (χ1) is 9.72. The van der Waals surface area contributed by atoms with E-state index in [0.29, 0.717) is 5.56 Å². The molecule has 0 amide bonds. The summed E-state index contributed by atoms with van der Waals surface area (Å²) in [5.74, 6) is -1.11. The van der Waals surface area contributed by atoms with E-state index in [2.05, 4.69) is 0 Å². The Morgan fingerprint density at radius 1 is 0.750 bits per heavy atom. The molecule has 2 aromatic carbocycles. The first-order valence-corrected chi connectivity index (χ1v) is 6.27. The molecule has 1 aliphatic rings. The van der Waals surface area contributed by atoms with Crippen LogP contribution in [0.2, 0.25) is 0 Å². The van der Waals surface area contributed by atoms with Gasteiger partial charge in [-0.3, -0.25) is 9.59 Å². The molecule has 1 fully saturated rings. The van der Waals surface area contributed by atoms with Crippen molar-refractivity contribution in [2.75, 3.05) is 0 Å². The summed E-state index contributed by atoms with van der Waals surface area (Å²) in [6, 6.07) is 17.3. The van der Waals surface area contributed by atoms with Gasteiger partial charge in [-0.05, 0) is 11.1 Å². The van der Waals surface area contributed by atoms with Gasteiger partial charge in [-0.1, -0.05) is 54.6 Å². The standard InChI is InChI=1S/C16H12O4/c17-14-10-15(18)20-16(19-14)13-8-6-12(7-9-13)11-4-2-1-3-5-11/h1-9,16H,10H2. The molecule has 2 aromatic rings. The van der Waals surface area contributed by atoms with Crippen molar-refractivity contribution in [3.05, 3.63) is 60.2 Å². The Balaban J connectivity index is 1.83. The molecule has 20 heavy (non-hydrogen) atoms. The molecule has 0 unspecified atom stereocenters. The fourth-order valence-electron chi connectivity index (χ4n) is 2.06. The van der Waals surface area contributed by atoms with E-state index >= 15 is 0 Å². The van der Waals surface area contributed by atoms with Crippen LogP contribution in [-0.4, -0.2) is 11.9 Å². The predicted molar refractivity (Wildman–Crippen MR) is 71.4 cm³/mol. The summed E-state index contributed by atoms with van der Waals surface area (Å²) >= 11 is 0. The minimum atomic E-state index is -0.937. The number of carbonyl (C=O) groups excluding carboxylic acids is 2. The highest BCUT2D eigenvalue weighted by molar-refractivity contribution is 5.92. The van der Waals surface area contributed by atoms with Crippen molar-refractivity contribution >= 4 is 11.9 Å². The van der Waals surface area contributed by atoms with Crippen molar-refractivity contribution in [1.29, 1.82) is 0 Å². The number of hydrogen-bond donors (Lipinski definition) is 0. The molecular formula is C16H12O4. The van der Waals surface area contributed by atoms with E-state index in [1.54, 1.807) is 12.1 Å². The Morgan fingerprint density at radius 3 is 1.90 bits per heavy atom. The molecule has 0 atom stereocenters. The second-order valence-corrected chi connectivity index (χ2v) is 4.48. The molecule has 3 rings (SSSR count). The lowest BCUT2D eigenvalue weighted by atomic mass is 10.0. The zero-order valence-electron chi connectivity index (χ0n) is 10.6. The highest BCUT2D eigenvalue weighted by Crippen LogP contribution is 2.27. The van der Waals surface area contributed by atoms with Gasteiger partial charge in [0.25, 0.3) is 6.29 Å². The van der Waals surface area contributed by atoms with Gasteiger partial charge in [0.05, 0.1) is 0 Å². The SMILES string of the molecule is O=C1CC(=O)OC(c2ccc(-c3ccccc3)cc2)O1. The maximum Gasteiger partial charge on any atom is 0.320 e. The molecule has 0 spiro atoms. The second-order valence-electron chi connectivity index (χ2n) is 4.48. The summed E-state index contributed by atoms with van der Waals surface area (Å²) in [6.45, 7) is 0. The van der Waals surface area contributed by atoms with Crippen LogP contribution >= 0.6 is 0 Å². The van der Waals surface area contributed by atoms with Crippen molar-refractivity contribution in [3.8, 4) is 11.1 Å². The van der Waals surface area contributed by atoms with Crippen molar-refractivity contribution in [3.63, 3.8) is 0 Å². The first kappa shape index (κ1) is 12.4. The van der Waals surface area contributed by atoms with Gasteiger partial charge in [0.1, 0.15) is 6.42 Å². The van der Waals surface area contributed by atoms with Crippen LogP contribution in [0.15, 0.2) is 54.6 Å². The van der Waals surface area contributed by atoms with Gasteiger partial charge in [-0.2, -0.15) is 0 Å². The van der Waals surface area contributed by atoms with Crippen LogP contribution in [0.5, 0.6) is 0 Å². The summed E-state index contributed by atoms with van der Waals surface area (Å²) in [5.41, 5.74) is 2.78. The average molecular weight is 268 g/mol. The molecule has 0 radical (unpaired) electrons. The number of esters is 2. The molecule has 1 heterocycles. The second kappa shape index (κ2) is 5.17. The molecule has 1 aliphatic heterocycles. The largest absolute Gasteiger partial charge is 0.420 e. The fourth-order valence-corrected chi connectivity index (χ4v) is 2.06. The van der Waals surface area contributed by atoms with Crippen molar-refractivity contribution < 1.29 is 19.1 Å². The van der Waals surface area contributed by atoms with E-state index in [-0.39, 0.29) is 6.42 Å². The average Bonchev–Trinajstić information content (AvgIpc) is 2.47. The monoisotopic (exact) mass is 268 g/mol. The molecule has 0 aliphatic carbocycles. The van der Waals surface area contributed by atoms with Gasteiger partial charge in [-0.15, -0.1) is 0 Å². The maximum atomic E-state index is 11.2. The Hall–Kier alpha value is -2.62. The van der Waals surface area contributed by atoms with Crippen LogP contribution in [0.3, 0.4) is 0 Å². The lowest BCUT2D eigenvalue weighted by Gasteiger charge is -2.22. The predicted octanol–water partition coefficient (Wildman–Crippen LogP) is 2.84.